The normalized spacial score (nSPS) is 13.5. The number of hydrogen-bond acceptors (Lipinski definition) is 5. The third-order valence-electron chi connectivity index (χ3n) is 4.48. The maximum Gasteiger partial charge on any atom is 0.244 e. The number of benzene rings is 2. The molecule has 7 nitrogen and oxygen atoms in total. The second kappa shape index (κ2) is 9.02. The van der Waals surface area contributed by atoms with Crippen LogP contribution in [0.5, 0.6) is 0 Å². The van der Waals surface area contributed by atoms with Gasteiger partial charge in [0.05, 0.1) is 36.2 Å². The topological polar surface area (TPSA) is 85.7 Å². The summed E-state index contributed by atoms with van der Waals surface area (Å²) in [7, 11) is 0. The van der Waals surface area contributed by atoms with Crippen molar-refractivity contribution in [3.8, 4) is 6.07 Å². The number of morpholine rings is 1. The van der Waals surface area contributed by atoms with Crippen LogP contribution in [-0.4, -0.2) is 44.7 Å². The molecule has 2 amide bonds. The molecule has 0 radical (unpaired) electrons. The number of ether oxygens (including phenoxy) is 1. The van der Waals surface area contributed by atoms with Gasteiger partial charge >= 0.3 is 0 Å². The molecule has 1 heterocycles. The van der Waals surface area contributed by atoms with Gasteiger partial charge in [0.25, 0.3) is 0 Å². The molecule has 0 unspecified atom stereocenters. The Bertz CT molecular complexity index is 901. The maximum atomic E-state index is 12.6. The van der Waals surface area contributed by atoms with Crippen molar-refractivity contribution in [1.82, 2.24) is 0 Å². The summed E-state index contributed by atoms with van der Waals surface area (Å²) in [5, 5.41) is 11.7. The number of nitriles is 1. The van der Waals surface area contributed by atoms with Crippen molar-refractivity contribution in [2.45, 2.75) is 6.92 Å². The molecule has 0 aliphatic carbocycles. The summed E-state index contributed by atoms with van der Waals surface area (Å²) in [6.45, 7) is 4.05. The van der Waals surface area contributed by atoms with Crippen LogP contribution in [0.4, 0.5) is 17.1 Å². The molecule has 28 heavy (non-hydrogen) atoms. The fraction of sp³-hybridized carbons (Fsp3) is 0.286. The number of carbonyl (C=O) groups excluding carboxylic acids is 2. The molecular weight excluding hydrogens is 356 g/mol. The minimum absolute atomic E-state index is 0.118. The first-order chi connectivity index (χ1) is 13.6. The van der Waals surface area contributed by atoms with E-state index in [1.165, 1.54) is 11.8 Å². The molecule has 2 aromatic rings. The molecular formula is C21H22N4O3. The van der Waals surface area contributed by atoms with Gasteiger partial charge in [-0.25, -0.2) is 0 Å². The summed E-state index contributed by atoms with van der Waals surface area (Å²) >= 11 is 0. The first kappa shape index (κ1) is 19.4. The van der Waals surface area contributed by atoms with Crippen LogP contribution in [0.2, 0.25) is 0 Å². The van der Waals surface area contributed by atoms with E-state index in [0.29, 0.717) is 30.2 Å². The van der Waals surface area contributed by atoms with E-state index in [2.05, 4.69) is 10.2 Å². The van der Waals surface area contributed by atoms with E-state index >= 15 is 0 Å². The maximum absolute atomic E-state index is 12.6. The van der Waals surface area contributed by atoms with Crippen LogP contribution in [0.1, 0.15) is 12.5 Å². The van der Waals surface area contributed by atoms with E-state index in [0.717, 1.165) is 18.8 Å². The summed E-state index contributed by atoms with van der Waals surface area (Å²) in [6, 6.07) is 16.3. The summed E-state index contributed by atoms with van der Waals surface area (Å²) in [4.78, 5) is 28.5. The largest absolute Gasteiger partial charge is 0.378 e. The van der Waals surface area contributed by atoms with E-state index in [-0.39, 0.29) is 18.4 Å². The number of carbonyl (C=O) groups is 2. The fourth-order valence-electron chi connectivity index (χ4n) is 3.14. The van der Waals surface area contributed by atoms with Gasteiger partial charge in [-0.05, 0) is 30.3 Å². The lowest BCUT2D eigenvalue weighted by atomic mass is 10.2. The van der Waals surface area contributed by atoms with Crippen molar-refractivity contribution >= 4 is 28.9 Å². The van der Waals surface area contributed by atoms with Crippen molar-refractivity contribution in [2.24, 2.45) is 0 Å². The Labute approximate surface area is 164 Å². The van der Waals surface area contributed by atoms with E-state index in [1.807, 2.05) is 30.3 Å². The monoisotopic (exact) mass is 378 g/mol. The van der Waals surface area contributed by atoms with Crippen LogP contribution in [-0.2, 0) is 14.3 Å². The van der Waals surface area contributed by atoms with Crippen molar-refractivity contribution in [1.29, 1.82) is 5.26 Å². The van der Waals surface area contributed by atoms with Gasteiger partial charge in [-0.15, -0.1) is 0 Å². The fourth-order valence-corrected chi connectivity index (χ4v) is 3.14. The highest BCUT2D eigenvalue weighted by molar-refractivity contribution is 6.03. The van der Waals surface area contributed by atoms with E-state index < -0.39 is 0 Å². The third kappa shape index (κ3) is 4.67. The van der Waals surface area contributed by atoms with Crippen LogP contribution in [0, 0.1) is 11.3 Å². The molecule has 0 spiro atoms. The van der Waals surface area contributed by atoms with E-state index in [1.54, 1.807) is 24.3 Å². The average Bonchev–Trinajstić information content (AvgIpc) is 2.72. The Morgan fingerprint density at radius 2 is 1.93 bits per heavy atom. The minimum atomic E-state index is -0.331. The number of para-hydroxylation sites is 2. The second-order valence-electron chi connectivity index (χ2n) is 6.43. The molecule has 3 rings (SSSR count). The molecule has 1 fully saturated rings. The predicted octanol–water partition coefficient (Wildman–Crippen LogP) is 2.39. The van der Waals surface area contributed by atoms with Crippen molar-refractivity contribution in [2.75, 3.05) is 48.0 Å². The lowest BCUT2D eigenvalue weighted by Gasteiger charge is -2.33. The van der Waals surface area contributed by atoms with Gasteiger partial charge in [-0.1, -0.05) is 18.2 Å². The number of rotatable bonds is 5. The smallest absolute Gasteiger partial charge is 0.244 e. The summed E-state index contributed by atoms with van der Waals surface area (Å²) in [5.41, 5.74) is 2.58. The van der Waals surface area contributed by atoms with Crippen molar-refractivity contribution in [3.05, 3.63) is 54.1 Å². The van der Waals surface area contributed by atoms with Crippen LogP contribution >= 0.6 is 0 Å². The molecule has 1 N–H and O–H groups in total. The highest BCUT2D eigenvalue weighted by atomic mass is 16.5. The third-order valence-corrected chi connectivity index (χ3v) is 4.48. The highest BCUT2D eigenvalue weighted by Gasteiger charge is 2.22. The molecule has 1 aliphatic rings. The average molecular weight is 378 g/mol. The Morgan fingerprint density at radius 1 is 1.18 bits per heavy atom. The number of anilines is 3. The Morgan fingerprint density at radius 3 is 2.64 bits per heavy atom. The standard InChI is InChI=1S/C21H22N4O3/c1-16(26)25(15-21(27)23-18-6-4-5-17(13-18)14-22)20-8-3-2-7-19(20)24-9-11-28-12-10-24/h2-8,13H,9-12,15H2,1H3,(H,23,27). The molecule has 144 valence electrons. The van der Waals surface area contributed by atoms with E-state index in [4.69, 9.17) is 10.00 Å². The zero-order valence-corrected chi connectivity index (χ0v) is 15.7. The molecule has 2 aromatic carbocycles. The molecule has 0 atom stereocenters. The Hall–Kier alpha value is -3.37. The van der Waals surface area contributed by atoms with Gasteiger partial charge in [0, 0.05) is 25.7 Å². The van der Waals surface area contributed by atoms with Crippen LogP contribution in [0.25, 0.3) is 0 Å². The van der Waals surface area contributed by atoms with Gasteiger partial charge in [0.2, 0.25) is 11.8 Å². The molecule has 0 aromatic heterocycles. The predicted molar refractivity (Wildman–Crippen MR) is 107 cm³/mol. The summed E-state index contributed by atoms with van der Waals surface area (Å²) < 4.78 is 5.41. The lowest BCUT2D eigenvalue weighted by molar-refractivity contribution is -0.120. The zero-order chi connectivity index (χ0) is 19.9. The summed E-state index contributed by atoms with van der Waals surface area (Å²) in [6.07, 6.45) is 0. The quantitative estimate of drug-likeness (QED) is 0.863. The van der Waals surface area contributed by atoms with Crippen LogP contribution in [0.3, 0.4) is 0 Å². The lowest BCUT2D eigenvalue weighted by Crippen LogP contribution is -2.40. The molecule has 0 saturated carbocycles. The minimum Gasteiger partial charge on any atom is -0.378 e. The molecule has 0 bridgehead atoms. The molecule has 1 aliphatic heterocycles. The highest BCUT2D eigenvalue weighted by Crippen LogP contribution is 2.30. The Kier molecular flexibility index (Phi) is 6.25. The van der Waals surface area contributed by atoms with Gasteiger partial charge in [-0.2, -0.15) is 5.26 Å². The SMILES string of the molecule is CC(=O)N(CC(=O)Nc1cccc(C#N)c1)c1ccccc1N1CCOCC1. The van der Waals surface area contributed by atoms with Crippen LogP contribution < -0.4 is 15.1 Å². The first-order valence-corrected chi connectivity index (χ1v) is 9.08. The number of hydrogen-bond donors (Lipinski definition) is 1. The van der Waals surface area contributed by atoms with Gasteiger partial charge in [-0.3, -0.25) is 9.59 Å². The second-order valence-corrected chi connectivity index (χ2v) is 6.43. The van der Waals surface area contributed by atoms with Crippen molar-refractivity contribution < 1.29 is 14.3 Å². The molecule has 7 heteroatoms. The number of nitrogens with one attached hydrogen (secondary N) is 1. The van der Waals surface area contributed by atoms with Gasteiger partial charge < -0.3 is 19.9 Å². The van der Waals surface area contributed by atoms with Gasteiger partial charge in [0.15, 0.2) is 0 Å². The summed E-state index contributed by atoms with van der Waals surface area (Å²) in [5.74, 6) is -0.552. The number of nitrogens with zero attached hydrogens (tertiary/aromatic N) is 3. The number of amides is 2. The zero-order valence-electron chi connectivity index (χ0n) is 15.7. The van der Waals surface area contributed by atoms with Crippen molar-refractivity contribution in [3.63, 3.8) is 0 Å². The van der Waals surface area contributed by atoms with Crippen LogP contribution in [0.15, 0.2) is 48.5 Å². The first-order valence-electron chi connectivity index (χ1n) is 9.08. The Balaban J connectivity index is 1.79. The van der Waals surface area contributed by atoms with Gasteiger partial charge in [0.1, 0.15) is 6.54 Å². The molecule has 1 saturated heterocycles. The van der Waals surface area contributed by atoms with E-state index in [9.17, 15) is 9.59 Å².